The minimum atomic E-state index is 0.148. The Kier molecular flexibility index (Phi) is 3.40. The monoisotopic (exact) mass is 296 g/mol. The number of pyridine rings is 1. The lowest BCUT2D eigenvalue weighted by atomic mass is 10.2. The molecule has 0 aliphatic carbocycles. The van der Waals surface area contributed by atoms with Gasteiger partial charge in [0.15, 0.2) is 0 Å². The van der Waals surface area contributed by atoms with Crippen LogP contribution in [0, 0.1) is 0 Å². The largest absolute Gasteiger partial charge is 0.348 e. The van der Waals surface area contributed by atoms with Crippen molar-refractivity contribution in [2.75, 3.05) is 6.54 Å². The van der Waals surface area contributed by atoms with Gasteiger partial charge in [0.2, 0.25) is 11.7 Å². The summed E-state index contributed by atoms with van der Waals surface area (Å²) in [6.07, 6.45) is 7.47. The highest BCUT2D eigenvalue weighted by Gasteiger charge is 2.31. The minimum absolute atomic E-state index is 0.148. The number of imidazole rings is 1. The van der Waals surface area contributed by atoms with Crippen LogP contribution in [0.25, 0.3) is 11.5 Å². The van der Waals surface area contributed by atoms with Crippen molar-refractivity contribution in [2.45, 2.75) is 25.4 Å². The molecule has 22 heavy (non-hydrogen) atoms. The number of hydrogen-bond donors (Lipinski definition) is 1. The molecule has 1 aliphatic rings. The van der Waals surface area contributed by atoms with Gasteiger partial charge in [-0.1, -0.05) is 11.2 Å². The molecule has 0 amide bonds. The van der Waals surface area contributed by atoms with Gasteiger partial charge in [-0.2, -0.15) is 4.98 Å². The van der Waals surface area contributed by atoms with Gasteiger partial charge in [-0.3, -0.25) is 9.88 Å². The Bertz CT molecular complexity index is 724. The summed E-state index contributed by atoms with van der Waals surface area (Å²) in [6, 6.07) is 5.81. The summed E-state index contributed by atoms with van der Waals surface area (Å²) in [5.74, 6) is 2.15. The Balaban J connectivity index is 1.55. The third kappa shape index (κ3) is 2.50. The van der Waals surface area contributed by atoms with E-state index in [1.165, 1.54) is 0 Å². The summed E-state index contributed by atoms with van der Waals surface area (Å²) >= 11 is 0. The third-order valence-corrected chi connectivity index (χ3v) is 3.89. The number of likely N-dealkylation sites (tertiary alicyclic amines) is 1. The van der Waals surface area contributed by atoms with Crippen LogP contribution < -0.4 is 0 Å². The first-order chi connectivity index (χ1) is 10.9. The Morgan fingerprint density at radius 1 is 1.27 bits per heavy atom. The van der Waals surface area contributed by atoms with Gasteiger partial charge in [0.05, 0.1) is 12.6 Å². The van der Waals surface area contributed by atoms with Crippen molar-refractivity contribution >= 4 is 0 Å². The molecule has 0 radical (unpaired) electrons. The fourth-order valence-electron chi connectivity index (χ4n) is 2.84. The van der Waals surface area contributed by atoms with Gasteiger partial charge in [-0.25, -0.2) is 4.98 Å². The highest BCUT2D eigenvalue weighted by Crippen LogP contribution is 2.32. The first kappa shape index (κ1) is 13.1. The van der Waals surface area contributed by atoms with Crippen molar-refractivity contribution in [3.05, 3.63) is 48.5 Å². The van der Waals surface area contributed by atoms with Crippen LogP contribution in [-0.4, -0.2) is 36.5 Å². The van der Waals surface area contributed by atoms with E-state index < -0.39 is 0 Å². The quantitative estimate of drug-likeness (QED) is 0.794. The Morgan fingerprint density at radius 2 is 2.27 bits per heavy atom. The molecule has 1 aliphatic heterocycles. The number of hydrogen-bond acceptors (Lipinski definition) is 6. The van der Waals surface area contributed by atoms with E-state index in [4.69, 9.17) is 4.52 Å². The summed E-state index contributed by atoms with van der Waals surface area (Å²) in [5.41, 5.74) is 0.730. The van der Waals surface area contributed by atoms with Crippen molar-refractivity contribution in [3.63, 3.8) is 0 Å². The molecular formula is C15H16N6O. The zero-order valence-electron chi connectivity index (χ0n) is 12.0. The Hall–Kier alpha value is -2.54. The molecule has 3 aromatic heterocycles. The molecule has 1 saturated heterocycles. The lowest BCUT2D eigenvalue weighted by Gasteiger charge is -2.19. The normalized spacial score (nSPS) is 18.8. The van der Waals surface area contributed by atoms with Crippen molar-refractivity contribution in [1.29, 1.82) is 0 Å². The predicted octanol–water partition coefficient (Wildman–Crippen LogP) is 2.19. The van der Waals surface area contributed by atoms with Crippen molar-refractivity contribution in [3.8, 4) is 11.5 Å². The average Bonchev–Trinajstić information content (AvgIpc) is 3.30. The fraction of sp³-hybridized carbons (Fsp3) is 0.333. The van der Waals surface area contributed by atoms with Crippen molar-refractivity contribution in [1.82, 2.24) is 30.0 Å². The predicted molar refractivity (Wildman–Crippen MR) is 78.5 cm³/mol. The average molecular weight is 296 g/mol. The van der Waals surface area contributed by atoms with E-state index in [2.05, 4.69) is 30.0 Å². The van der Waals surface area contributed by atoms with Gasteiger partial charge in [0, 0.05) is 18.6 Å². The Labute approximate surface area is 127 Å². The lowest BCUT2D eigenvalue weighted by Crippen LogP contribution is -2.23. The summed E-state index contributed by atoms with van der Waals surface area (Å²) in [5, 5.41) is 4.06. The smallest absolute Gasteiger partial charge is 0.244 e. The molecule has 1 unspecified atom stereocenters. The van der Waals surface area contributed by atoms with Crippen LogP contribution in [0.4, 0.5) is 0 Å². The van der Waals surface area contributed by atoms with E-state index in [-0.39, 0.29) is 6.04 Å². The zero-order valence-corrected chi connectivity index (χ0v) is 12.0. The molecule has 7 heteroatoms. The summed E-state index contributed by atoms with van der Waals surface area (Å²) in [7, 11) is 0. The topological polar surface area (TPSA) is 83.7 Å². The molecule has 1 fully saturated rings. The molecule has 4 heterocycles. The number of H-pyrrole nitrogens is 1. The summed E-state index contributed by atoms with van der Waals surface area (Å²) in [6.45, 7) is 1.77. The van der Waals surface area contributed by atoms with Crippen LogP contribution >= 0.6 is 0 Å². The van der Waals surface area contributed by atoms with E-state index in [0.29, 0.717) is 11.7 Å². The van der Waals surface area contributed by atoms with Crippen LogP contribution in [0.5, 0.6) is 0 Å². The maximum absolute atomic E-state index is 5.48. The molecule has 0 spiro atoms. The van der Waals surface area contributed by atoms with E-state index in [9.17, 15) is 0 Å². The second kappa shape index (κ2) is 5.69. The van der Waals surface area contributed by atoms with E-state index in [1.807, 2.05) is 24.4 Å². The van der Waals surface area contributed by atoms with Crippen molar-refractivity contribution in [2.24, 2.45) is 0 Å². The molecule has 4 rings (SSSR count). The molecule has 7 nitrogen and oxygen atoms in total. The van der Waals surface area contributed by atoms with Crippen LogP contribution in [0.3, 0.4) is 0 Å². The maximum atomic E-state index is 5.48. The lowest BCUT2D eigenvalue weighted by molar-refractivity contribution is 0.197. The maximum Gasteiger partial charge on any atom is 0.244 e. The Morgan fingerprint density at radius 3 is 3.09 bits per heavy atom. The highest BCUT2D eigenvalue weighted by molar-refractivity contribution is 5.47. The van der Waals surface area contributed by atoms with Gasteiger partial charge in [-0.05, 0) is 31.5 Å². The van der Waals surface area contributed by atoms with Gasteiger partial charge in [-0.15, -0.1) is 0 Å². The van der Waals surface area contributed by atoms with Gasteiger partial charge < -0.3 is 9.51 Å². The first-order valence-electron chi connectivity index (χ1n) is 7.37. The summed E-state index contributed by atoms with van der Waals surface area (Å²) < 4.78 is 5.48. The molecule has 3 aromatic rings. The molecule has 1 N–H and O–H groups in total. The van der Waals surface area contributed by atoms with Crippen molar-refractivity contribution < 1.29 is 4.52 Å². The number of rotatable bonds is 4. The molecular weight excluding hydrogens is 280 g/mol. The molecule has 0 bridgehead atoms. The zero-order chi connectivity index (χ0) is 14.8. The van der Waals surface area contributed by atoms with E-state index >= 15 is 0 Å². The fourth-order valence-corrected chi connectivity index (χ4v) is 2.84. The highest BCUT2D eigenvalue weighted by atomic mass is 16.5. The molecule has 112 valence electrons. The van der Waals surface area contributed by atoms with Gasteiger partial charge in [0.25, 0.3) is 0 Å². The third-order valence-electron chi connectivity index (χ3n) is 3.89. The van der Waals surface area contributed by atoms with Crippen LogP contribution in [-0.2, 0) is 6.54 Å². The molecule has 0 saturated carbocycles. The van der Waals surface area contributed by atoms with Crippen LogP contribution in [0.2, 0.25) is 0 Å². The number of aromatic nitrogens is 5. The van der Waals surface area contributed by atoms with E-state index in [0.717, 1.165) is 37.4 Å². The number of aromatic amines is 1. The van der Waals surface area contributed by atoms with Gasteiger partial charge in [0.1, 0.15) is 11.5 Å². The first-order valence-corrected chi connectivity index (χ1v) is 7.37. The van der Waals surface area contributed by atoms with Gasteiger partial charge >= 0.3 is 0 Å². The minimum Gasteiger partial charge on any atom is -0.348 e. The second-order valence-corrected chi connectivity index (χ2v) is 5.34. The van der Waals surface area contributed by atoms with Crippen LogP contribution in [0.15, 0.2) is 41.3 Å². The number of nitrogens with zero attached hydrogens (tertiary/aromatic N) is 5. The van der Waals surface area contributed by atoms with Crippen LogP contribution in [0.1, 0.15) is 30.6 Å². The molecule has 1 atom stereocenters. The standard InChI is InChI=1S/C15H16N6O/c1-2-6-16-11(4-1)14-19-15(22-20-14)12-5-3-9-21(12)10-13-17-7-8-18-13/h1-2,4,6-8,12H,3,5,9-10H2,(H,17,18). The number of nitrogens with one attached hydrogen (secondary N) is 1. The van der Waals surface area contributed by atoms with E-state index in [1.54, 1.807) is 12.4 Å². The SMILES string of the molecule is c1ccc(-c2noc(C3CCCN3Cc3ncc[nH]3)n2)nc1. The second-order valence-electron chi connectivity index (χ2n) is 5.34. The molecule has 0 aromatic carbocycles. The summed E-state index contributed by atoms with van der Waals surface area (Å²) in [4.78, 5) is 18.5.